The molecule has 1 N–H and O–H groups in total. The van der Waals surface area contributed by atoms with Crippen LogP contribution in [-0.4, -0.2) is 67.5 Å². The number of hydrogen-bond donors (Lipinski definition) is 1. The van der Waals surface area contributed by atoms with Gasteiger partial charge in [-0.15, -0.1) is 0 Å². The average Bonchev–Trinajstić information content (AvgIpc) is 3.45. The summed E-state index contributed by atoms with van der Waals surface area (Å²) in [7, 11) is 0. The van der Waals surface area contributed by atoms with E-state index in [0.29, 0.717) is 19.1 Å². The van der Waals surface area contributed by atoms with Gasteiger partial charge in [0, 0.05) is 10.4 Å². The van der Waals surface area contributed by atoms with Crippen LogP contribution in [0.3, 0.4) is 0 Å². The molecule has 7 nitrogen and oxygen atoms in total. The molecule has 3 aromatic rings. The topological polar surface area (TPSA) is 68.3 Å². The Morgan fingerprint density at radius 3 is 2.58 bits per heavy atom. The van der Waals surface area contributed by atoms with Gasteiger partial charge in [-0.3, -0.25) is 9.58 Å². The minimum Gasteiger partial charge on any atom is -0.389 e. The number of aliphatic hydroxyl groups excluding tert-OH is 1. The van der Waals surface area contributed by atoms with Crippen LogP contribution in [0, 0.1) is 5.92 Å². The van der Waals surface area contributed by atoms with Gasteiger partial charge in [-0.2, -0.15) is 10.2 Å². The number of halogens is 1. The third-order valence-corrected chi connectivity index (χ3v) is 9.36. The Bertz CT molecular complexity index is 1210. The van der Waals surface area contributed by atoms with Gasteiger partial charge in [0.2, 0.25) is 0 Å². The first-order valence-electron chi connectivity index (χ1n) is 12.2. The summed E-state index contributed by atoms with van der Waals surface area (Å²) in [5, 5.41) is 21.7. The lowest BCUT2D eigenvalue weighted by Crippen LogP contribution is -2.59. The highest BCUT2D eigenvalue weighted by Crippen LogP contribution is 2.62. The van der Waals surface area contributed by atoms with Crippen LogP contribution in [-0.2, 0) is 10.3 Å². The molecule has 5 aliphatic rings. The van der Waals surface area contributed by atoms with Gasteiger partial charge in [0.15, 0.2) is 0 Å². The van der Waals surface area contributed by atoms with Gasteiger partial charge in [-0.05, 0) is 81.6 Å². The maximum Gasteiger partial charge on any atom is 0.103 e. The van der Waals surface area contributed by atoms with E-state index < -0.39 is 6.10 Å². The molecule has 3 aliphatic carbocycles. The lowest BCUT2D eigenvalue weighted by Gasteiger charge is -2.61. The molecule has 4 heterocycles. The molecule has 0 amide bonds. The van der Waals surface area contributed by atoms with Gasteiger partial charge in [0.1, 0.15) is 5.69 Å². The van der Waals surface area contributed by atoms with Crippen LogP contribution in [0.25, 0.3) is 16.6 Å². The van der Waals surface area contributed by atoms with E-state index in [-0.39, 0.29) is 11.1 Å². The van der Waals surface area contributed by atoms with Crippen LogP contribution in [0.4, 0.5) is 0 Å². The molecule has 1 aromatic carbocycles. The molecular weight excluding hydrogens is 438 g/mol. The fourth-order valence-corrected chi connectivity index (χ4v) is 6.96. The van der Waals surface area contributed by atoms with Crippen molar-refractivity contribution < 1.29 is 9.84 Å². The molecule has 0 radical (unpaired) electrons. The first-order chi connectivity index (χ1) is 16.0. The Hall–Kier alpha value is -1.93. The molecule has 2 bridgehead atoms. The third-order valence-electron chi connectivity index (χ3n) is 9.04. The first kappa shape index (κ1) is 20.4. The smallest absolute Gasteiger partial charge is 0.103 e. The van der Waals surface area contributed by atoms with Crippen molar-refractivity contribution in [2.24, 2.45) is 5.92 Å². The fraction of sp³-hybridized carbons (Fsp3) is 0.600. The van der Waals surface area contributed by atoms with Gasteiger partial charge in [0.05, 0.1) is 54.5 Å². The van der Waals surface area contributed by atoms with Crippen LogP contribution in [0.1, 0.15) is 50.5 Å². The zero-order valence-corrected chi connectivity index (χ0v) is 19.7. The Morgan fingerprint density at radius 2 is 1.91 bits per heavy atom. The number of fused-ring (bicyclic) bond motifs is 1. The molecule has 3 saturated carbocycles. The molecule has 2 aromatic heterocycles. The van der Waals surface area contributed by atoms with Crippen LogP contribution in [0.5, 0.6) is 0 Å². The van der Waals surface area contributed by atoms with Crippen molar-refractivity contribution in [3.63, 3.8) is 0 Å². The molecule has 33 heavy (non-hydrogen) atoms. The van der Waals surface area contributed by atoms with Crippen molar-refractivity contribution in [2.45, 2.75) is 62.1 Å². The summed E-state index contributed by atoms with van der Waals surface area (Å²) < 4.78 is 9.73. The predicted octanol–water partition coefficient (Wildman–Crippen LogP) is 3.71. The fourth-order valence-electron chi connectivity index (χ4n) is 6.63. The number of nitrogens with zero attached hydrogens (tertiary/aromatic N) is 5. The molecule has 8 rings (SSSR count). The van der Waals surface area contributed by atoms with E-state index in [4.69, 9.17) is 21.4 Å². The second kappa shape index (κ2) is 7.04. The zero-order valence-electron chi connectivity index (χ0n) is 19.0. The van der Waals surface area contributed by atoms with E-state index in [1.807, 2.05) is 17.1 Å². The summed E-state index contributed by atoms with van der Waals surface area (Å²) in [6.45, 7) is 5.02. The van der Waals surface area contributed by atoms with Crippen molar-refractivity contribution in [3.8, 4) is 5.69 Å². The SMILES string of the molecule is C[C@@]1(N2CCC(c3cc4c(cnn4-c4cnn(C56CC(C5)C6)c4)cc3Cl)CC2)COC[C@H]1O. The Labute approximate surface area is 198 Å². The monoisotopic (exact) mass is 467 g/mol. The highest BCUT2D eigenvalue weighted by molar-refractivity contribution is 6.32. The van der Waals surface area contributed by atoms with Crippen molar-refractivity contribution in [2.75, 3.05) is 26.3 Å². The number of ether oxygens (including phenoxy) is 1. The number of aliphatic hydroxyl groups is 1. The number of benzene rings is 1. The van der Waals surface area contributed by atoms with Crippen LogP contribution in [0.15, 0.2) is 30.7 Å². The summed E-state index contributed by atoms with van der Waals surface area (Å²) in [6, 6.07) is 4.29. The second-order valence-corrected chi connectivity index (χ2v) is 11.4. The van der Waals surface area contributed by atoms with Crippen molar-refractivity contribution in [1.82, 2.24) is 24.5 Å². The van der Waals surface area contributed by atoms with Crippen molar-refractivity contribution in [1.29, 1.82) is 0 Å². The van der Waals surface area contributed by atoms with Gasteiger partial charge in [-0.25, -0.2) is 4.68 Å². The van der Waals surface area contributed by atoms with E-state index in [9.17, 15) is 5.11 Å². The molecule has 0 unspecified atom stereocenters. The molecule has 2 saturated heterocycles. The van der Waals surface area contributed by atoms with Crippen LogP contribution < -0.4 is 0 Å². The molecule has 5 fully saturated rings. The van der Waals surface area contributed by atoms with E-state index >= 15 is 0 Å². The average molecular weight is 468 g/mol. The van der Waals surface area contributed by atoms with Gasteiger partial charge in [0.25, 0.3) is 0 Å². The highest BCUT2D eigenvalue weighted by atomic mass is 35.5. The van der Waals surface area contributed by atoms with E-state index in [2.05, 4.69) is 39.9 Å². The summed E-state index contributed by atoms with van der Waals surface area (Å²) >= 11 is 6.77. The van der Waals surface area contributed by atoms with Gasteiger partial charge < -0.3 is 9.84 Å². The minimum absolute atomic E-state index is 0.280. The lowest BCUT2D eigenvalue weighted by molar-refractivity contribution is -0.0977. The van der Waals surface area contributed by atoms with Gasteiger partial charge >= 0.3 is 0 Å². The van der Waals surface area contributed by atoms with E-state index in [1.54, 1.807) is 0 Å². The lowest BCUT2D eigenvalue weighted by atomic mass is 9.50. The second-order valence-electron chi connectivity index (χ2n) is 11.0. The van der Waals surface area contributed by atoms with Crippen LogP contribution >= 0.6 is 11.6 Å². The maximum atomic E-state index is 10.4. The molecule has 2 aliphatic heterocycles. The van der Waals surface area contributed by atoms with Crippen LogP contribution in [0.2, 0.25) is 5.02 Å². The Balaban J connectivity index is 1.16. The zero-order chi connectivity index (χ0) is 22.4. The quantitative estimate of drug-likeness (QED) is 0.633. The molecule has 2 atom stereocenters. The van der Waals surface area contributed by atoms with Crippen molar-refractivity contribution in [3.05, 3.63) is 41.3 Å². The third kappa shape index (κ3) is 2.92. The molecule has 0 spiro atoms. The number of likely N-dealkylation sites (tertiary alicyclic amines) is 1. The number of aromatic nitrogens is 4. The Morgan fingerprint density at radius 1 is 1.12 bits per heavy atom. The first-order valence-corrected chi connectivity index (χ1v) is 12.6. The summed E-state index contributed by atoms with van der Waals surface area (Å²) in [4.78, 5) is 2.40. The van der Waals surface area contributed by atoms with Crippen molar-refractivity contribution >= 4 is 22.5 Å². The van der Waals surface area contributed by atoms with Gasteiger partial charge in [-0.1, -0.05) is 11.6 Å². The maximum absolute atomic E-state index is 10.4. The highest BCUT2D eigenvalue weighted by Gasteiger charge is 2.58. The molecule has 8 heteroatoms. The number of rotatable bonds is 4. The summed E-state index contributed by atoms with van der Waals surface area (Å²) in [6.07, 6.45) is 11.4. The summed E-state index contributed by atoms with van der Waals surface area (Å²) in [5.41, 5.74) is 3.30. The Kier molecular flexibility index (Phi) is 4.36. The van der Waals surface area contributed by atoms with E-state index in [0.717, 1.165) is 53.5 Å². The summed E-state index contributed by atoms with van der Waals surface area (Å²) in [5.74, 6) is 1.32. The predicted molar refractivity (Wildman–Crippen MR) is 126 cm³/mol. The standard InChI is InChI=1S/C25H30ClN5O2/c1-24(15-33-14-23(24)32)29-4-2-17(3-5-29)20-7-22-18(6-21(20)26)11-28-31(22)19-12-27-30(13-19)25-8-16(9-25)10-25/h6-7,11-13,16-17,23,32H,2-5,8-10,14-15H2,1H3/t16?,23-,24-,25?/m1/s1. The molecular formula is C25H30ClN5O2. The normalized spacial score (nSPS) is 34.5. The molecule has 174 valence electrons. The number of hydrogen-bond acceptors (Lipinski definition) is 5. The van der Waals surface area contributed by atoms with E-state index in [1.165, 1.54) is 24.8 Å². The minimum atomic E-state index is -0.422. The number of piperidine rings is 1. The largest absolute Gasteiger partial charge is 0.389 e.